The molecule has 0 unspecified atom stereocenters. The molecular formula is C14H22F3IN4S. The molecule has 2 N–H and O–H groups in total. The minimum atomic E-state index is -4.14. The predicted octanol–water partition coefficient (Wildman–Crippen LogP) is 2.84. The Kier molecular flexibility index (Phi) is 8.62. The molecule has 1 aliphatic rings. The zero-order chi connectivity index (χ0) is 16.0. The van der Waals surface area contributed by atoms with Crippen molar-refractivity contribution in [1.29, 1.82) is 0 Å². The molecule has 0 bridgehead atoms. The van der Waals surface area contributed by atoms with E-state index >= 15 is 0 Å². The number of thiophene rings is 1. The summed E-state index contributed by atoms with van der Waals surface area (Å²) in [5, 5.41) is 7.85. The molecule has 23 heavy (non-hydrogen) atoms. The number of hydrogen-bond acceptors (Lipinski definition) is 3. The van der Waals surface area contributed by atoms with Gasteiger partial charge < -0.3 is 10.6 Å². The zero-order valence-corrected chi connectivity index (χ0v) is 16.1. The van der Waals surface area contributed by atoms with E-state index in [2.05, 4.69) is 32.0 Å². The number of rotatable bonds is 5. The van der Waals surface area contributed by atoms with Crippen molar-refractivity contribution in [1.82, 2.24) is 15.5 Å². The molecule has 0 saturated heterocycles. The summed E-state index contributed by atoms with van der Waals surface area (Å²) >= 11 is 1.81. The average molecular weight is 462 g/mol. The Morgan fingerprint density at radius 3 is 2.78 bits per heavy atom. The minimum Gasteiger partial charge on any atom is -0.356 e. The Morgan fingerprint density at radius 1 is 1.35 bits per heavy atom. The van der Waals surface area contributed by atoms with Crippen molar-refractivity contribution >= 4 is 41.3 Å². The van der Waals surface area contributed by atoms with Crippen LogP contribution in [0.25, 0.3) is 0 Å². The van der Waals surface area contributed by atoms with Gasteiger partial charge in [0.1, 0.15) is 0 Å². The highest BCUT2D eigenvalue weighted by Crippen LogP contribution is 2.23. The first kappa shape index (κ1) is 20.5. The third-order valence-corrected chi connectivity index (χ3v) is 4.55. The molecule has 0 atom stereocenters. The molecule has 1 aromatic heterocycles. The van der Waals surface area contributed by atoms with Gasteiger partial charge in [-0.15, -0.1) is 35.3 Å². The molecule has 0 saturated carbocycles. The Morgan fingerprint density at radius 2 is 2.09 bits per heavy atom. The second kappa shape index (κ2) is 9.67. The van der Waals surface area contributed by atoms with Crippen molar-refractivity contribution in [3.05, 3.63) is 21.9 Å². The molecule has 1 aromatic rings. The van der Waals surface area contributed by atoms with Crippen LogP contribution in [0.5, 0.6) is 0 Å². The lowest BCUT2D eigenvalue weighted by Gasteiger charge is -2.27. The van der Waals surface area contributed by atoms with E-state index in [0.29, 0.717) is 12.5 Å². The van der Waals surface area contributed by atoms with E-state index in [1.54, 1.807) is 7.05 Å². The van der Waals surface area contributed by atoms with E-state index in [4.69, 9.17) is 0 Å². The third kappa shape index (κ3) is 7.25. The van der Waals surface area contributed by atoms with Gasteiger partial charge in [0.15, 0.2) is 5.96 Å². The lowest BCUT2D eigenvalue weighted by Crippen LogP contribution is -2.43. The summed E-state index contributed by atoms with van der Waals surface area (Å²) in [6, 6.07) is 2.16. The Bertz CT molecular complexity index is 504. The van der Waals surface area contributed by atoms with Crippen LogP contribution in [0.15, 0.2) is 16.4 Å². The predicted molar refractivity (Wildman–Crippen MR) is 98.8 cm³/mol. The Hall–Kier alpha value is -0.550. The van der Waals surface area contributed by atoms with E-state index in [-0.39, 0.29) is 30.5 Å². The van der Waals surface area contributed by atoms with Gasteiger partial charge >= 0.3 is 6.18 Å². The highest BCUT2D eigenvalue weighted by atomic mass is 127. The lowest BCUT2D eigenvalue weighted by molar-refractivity contribution is -0.132. The SMILES string of the molecule is CN=C(NCCN1CCc2sccc2C1)NCCC(F)(F)F.I. The number of alkyl halides is 3. The van der Waals surface area contributed by atoms with E-state index in [9.17, 15) is 13.2 Å². The topological polar surface area (TPSA) is 39.7 Å². The second-order valence-corrected chi connectivity index (χ2v) is 6.19. The standard InChI is InChI=1S/C14H21F3N4S.HI/c1-18-13(19-5-4-14(15,16)17)20-6-8-21-7-2-12-11(10-21)3-9-22-12;/h3,9H,2,4-8,10H2,1H3,(H2,18,19,20);1H. The first-order valence-corrected chi connectivity index (χ1v) is 8.15. The highest BCUT2D eigenvalue weighted by Gasteiger charge is 2.26. The van der Waals surface area contributed by atoms with Gasteiger partial charge in [0.2, 0.25) is 0 Å². The fourth-order valence-electron chi connectivity index (χ4n) is 2.37. The van der Waals surface area contributed by atoms with Gasteiger partial charge in [0.25, 0.3) is 0 Å². The highest BCUT2D eigenvalue weighted by molar-refractivity contribution is 14.0. The summed E-state index contributed by atoms with van der Waals surface area (Å²) in [6.07, 6.45) is -3.93. The van der Waals surface area contributed by atoms with Crippen molar-refractivity contribution in [3.63, 3.8) is 0 Å². The van der Waals surface area contributed by atoms with Crippen LogP contribution in [0.4, 0.5) is 13.2 Å². The molecule has 0 radical (unpaired) electrons. The van der Waals surface area contributed by atoms with Gasteiger partial charge in [-0.05, 0) is 23.4 Å². The monoisotopic (exact) mass is 462 g/mol. The number of hydrogen-bond donors (Lipinski definition) is 2. The Labute approximate surface area is 155 Å². The maximum atomic E-state index is 12.1. The smallest absolute Gasteiger partial charge is 0.356 e. The maximum Gasteiger partial charge on any atom is 0.390 e. The number of aliphatic imine (C=N–C) groups is 1. The summed E-state index contributed by atoms with van der Waals surface area (Å²) in [6.45, 7) is 3.31. The molecule has 0 aromatic carbocycles. The number of guanidine groups is 1. The largest absolute Gasteiger partial charge is 0.390 e. The van der Waals surface area contributed by atoms with Gasteiger partial charge in [0, 0.05) is 44.6 Å². The van der Waals surface area contributed by atoms with E-state index in [1.165, 1.54) is 10.4 Å². The quantitative estimate of drug-likeness (QED) is 0.402. The number of fused-ring (bicyclic) bond motifs is 1. The van der Waals surface area contributed by atoms with Crippen molar-refractivity contribution in [2.24, 2.45) is 4.99 Å². The molecule has 1 aliphatic heterocycles. The minimum absolute atomic E-state index is 0. The average Bonchev–Trinajstić information content (AvgIpc) is 2.92. The molecule has 132 valence electrons. The molecular weight excluding hydrogens is 440 g/mol. The lowest BCUT2D eigenvalue weighted by atomic mass is 10.1. The van der Waals surface area contributed by atoms with Gasteiger partial charge in [-0.1, -0.05) is 0 Å². The van der Waals surface area contributed by atoms with Crippen molar-refractivity contribution in [2.75, 3.05) is 33.2 Å². The van der Waals surface area contributed by atoms with Crippen molar-refractivity contribution < 1.29 is 13.2 Å². The van der Waals surface area contributed by atoms with Crippen molar-refractivity contribution in [3.8, 4) is 0 Å². The molecule has 9 heteroatoms. The van der Waals surface area contributed by atoms with Crippen LogP contribution < -0.4 is 10.6 Å². The summed E-state index contributed by atoms with van der Waals surface area (Å²) in [5.41, 5.74) is 1.39. The van der Waals surface area contributed by atoms with Gasteiger partial charge in [-0.2, -0.15) is 13.2 Å². The zero-order valence-electron chi connectivity index (χ0n) is 12.9. The first-order chi connectivity index (χ1) is 10.5. The van der Waals surface area contributed by atoms with Gasteiger partial charge in [0.05, 0.1) is 6.42 Å². The summed E-state index contributed by atoms with van der Waals surface area (Å²) in [7, 11) is 1.56. The third-order valence-electron chi connectivity index (χ3n) is 3.53. The summed E-state index contributed by atoms with van der Waals surface area (Å²) in [5.74, 6) is 0.414. The molecule has 0 fully saturated rings. The summed E-state index contributed by atoms with van der Waals surface area (Å²) < 4.78 is 36.3. The first-order valence-electron chi connectivity index (χ1n) is 7.27. The van der Waals surface area contributed by atoms with Gasteiger partial charge in [-0.25, -0.2) is 0 Å². The molecule has 2 heterocycles. The maximum absolute atomic E-state index is 12.1. The second-order valence-electron chi connectivity index (χ2n) is 5.19. The van der Waals surface area contributed by atoms with E-state index in [0.717, 1.165) is 26.1 Å². The normalized spacial score (nSPS) is 15.7. The molecule has 0 aliphatic carbocycles. The molecule has 0 amide bonds. The Balaban J connectivity index is 0.00000264. The van der Waals surface area contributed by atoms with Crippen LogP contribution >= 0.6 is 35.3 Å². The van der Waals surface area contributed by atoms with Crippen LogP contribution in [0.3, 0.4) is 0 Å². The van der Waals surface area contributed by atoms with Crippen LogP contribution in [0, 0.1) is 0 Å². The van der Waals surface area contributed by atoms with Gasteiger partial charge in [-0.3, -0.25) is 9.89 Å². The summed E-state index contributed by atoms with van der Waals surface area (Å²) in [4.78, 5) is 7.73. The fourth-order valence-corrected chi connectivity index (χ4v) is 3.26. The van der Waals surface area contributed by atoms with Crippen LogP contribution in [-0.4, -0.2) is 50.3 Å². The van der Waals surface area contributed by atoms with E-state index < -0.39 is 12.6 Å². The number of nitrogens with one attached hydrogen (secondary N) is 2. The van der Waals surface area contributed by atoms with Crippen LogP contribution in [0.2, 0.25) is 0 Å². The van der Waals surface area contributed by atoms with Crippen LogP contribution in [-0.2, 0) is 13.0 Å². The number of nitrogens with zero attached hydrogens (tertiary/aromatic N) is 2. The fraction of sp³-hybridized carbons (Fsp3) is 0.643. The van der Waals surface area contributed by atoms with Crippen LogP contribution in [0.1, 0.15) is 16.9 Å². The van der Waals surface area contributed by atoms with E-state index in [1.807, 2.05) is 11.3 Å². The number of halogens is 4. The molecule has 0 spiro atoms. The molecule has 4 nitrogen and oxygen atoms in total. The van der Waals surface area contributed by atoms with Crippen molar-refractivity contribution in [2.45, 2.75) is 25.6 Å². The molecule has 2 rings (SSSR count).